The maximum atomic E-state index is 12.2. The summed E-state index contributed by atoms with van der Waals surface area (Å²) in [5, 5.41) is 17.0. The first-order valence-electron chi connectivity index (χ1n) is 6.79. The van der Waals surface area contributed by atoms with E-state index in [-0.39, 0.29) is 17.3 Å². The number of aromatic nitrogens is 3. The Bertz CT molecular complexity index is 859. The van der Waals surface area contributed by atoms with E-state index < -0.39 is 0 Å². The zero-order valence-corrected chi connectivity index (χ0v) is 12.9. The Hall–Kier alpha value is -2.86. The topological polar surface area (TPSA) is 80.0 Å². The van der Waals surface area contributed by atoms with Gasteiger partial charge in [0.2, 0.25) is 0 Å². The molecule has 1 aromatic heterocycles. The number of hydrogen-bond acceptors (Lipinski definition) is 4. The summed E-state index contributed by atoms with van der Waals surface area (Å²) in [6, 6.07) is 11.3. The first kappa shape index (κ1) is 15.1. The van der Waals surface area contributed by atoms with Crippen molar-refractivity contribution < 1.29 is 9.90 Å². The largest absolute Gasteiger partial charge is 0.506 e. The zero-order valence-electron chi connectivity index (χ0n) is 12.2. The van der Waals surface area contributed by atoms with Crippen molar-refractivity contribution in [2.75, 3.05) is 5.32 Å². The number of hydrogen-bond donors (Lipinski definition) is 2. The van der Waals surface area contributed by atoms with Crippen LogP contribution in [0.1, 0.15) is 10.4 Å². The van der Waals surface area contributed by atoms with Crippen LogP contribution in [0.4, 0.5) is 5.69 Å². The predicted octanol–water partition coefficient (Wildman–Crippen LogP) is 3.09. The van der Waals surface area contributed by atoms with Crippen LogP contribution >= 0.6 is 11.6 Å². The van der Waals surface area contributed by atoms with Crippen LogP contribution in [0.3, 0.4) is 0 Å². The lowest BCUT2D eigenvalue weighted by Crippen LogP contribution is -2.11. The lowest BCUT2D eigenvalue weighted by Gasteiger charge is -2.08. The van der Waals surface area contributed by atoms with Gasteiger partial charge in [0.1, 0.15) is 12.1 Å². The monoisotopic (exact) mass is 328 g/mol. The highest BCUT2D eigenvalue weighted by Gasteiger charge is 2.10. The number of halogens is 1. The Morgan fingerprint density at radius 1 is 1.22 bits per heavy atom. The lowest BCUT2D eigenvalue weighted by molar-refractivity contribution is 0.102. The van der Waals surface area contributed by atoms with Crippen LogP contribution in [0.25, 0.3) is 11.4 Å². The fraction of sp³-hybridized carbons (Fsp3) is 0.0625. The second kappa shape index (κ2) is 6.10. The van der Waals surface area contributed by atoms with Crippen LogP contribution < -0.4 is 5.32 Å². The summed E-state index contributed by atoms with van der Waals surface area (Å²) in [6.07, 6.45) is 1.61. The molecule has 3 rings (SSSR count). The number of aromatic hydroxyl groups is 1. The molecule has 0 radical (unpaired) electrons. The molecular formula is C16H13ClN4O2. The van der Waals surface area contributed by atoms with Crippen LogP contribution in [0.5, 0.6) is 5.75 Å². The van der Waals surface area contributed by atoms with Crippen LogP contribution in [-0.2, 0) is 7.05 Å². The average Bonchev–Trinajstić information content (AvgIpc) is 2.97. The molecule has 116 valence electrons. The number of amides is 1. The van der Waals surface area contributed by atoms with E-state index in [1.165, 1.54) is 12.1 Å². The van der Waals surface area contributed by atoms with Crippen LogP contribution in [0, 0.1) is 0 Å². The SMILES string of the molecule is Cn1cnc(-c2ccc(C(=O)Nc3cc(Cl)ccc3O)cc2)n1. The molecule has 0 atom stereocenters. The Balaban J connectivity index is 1.79. The third-order valence-electron chi connectivity index (χ3n) is 3.21. The molecule has 0 bridgehead atoms. The van der Waals surface area contributed by atoms with Gasteiger partial charge in [-0.2, -0.15) is 5.10 Å². The fourth-order valence-corrected chi connectivity index (χ4v) is 2.22. The molecule has 2 aromatic carbocycles. The van der Waals surface area contributed by atoms with E-state index >= 15 is 0 Å². The van der Waals surface area contributed by atoms with E-state index in [1.807, 2.05) is 0 Å². The smallest absolute Gasteiger partial charge is 0.255 e. The lowest BCUT2D eigenvalue weighted by atomic mass is 10.1. The van der Waals surface area contributed by atoms with E-state index in [2.05, 4.69) is 15.4 Å². The summed E-state index contributed by atoms with van der Waals surface area (Å²) in [6.45, 7) is 0. The molecular weight excluding hydrogens is 316 g/mol. The van der Waals surface area contributed by atoms with Crippen LogP contribution in [0.15, 0.2) is 48.8 Å². The highest BCUT2D eigenvalue weighted by Crippen LogP contribution is 2.27. The summed E-state index contributed by atoms with van der Waals surface area (Å²) < 4.78 is 1.61. The predicted molar refractivity (Wildman–Crippen MR) is 87.5 cm³/mol. The molecule has 0 spiro atoms. The second-order valence-corrected chi connectivity index (χ2v) is 5.37. The molecule has 6 nitrogen and oxygen atoms in total. The number of aryl methyl sites for hydroxylation is 1. The maximum absolute atomic E-state index is 12.2. The number of carbonyl (C=O) groups is 1. The molecule has 0 aliphatic heterocycles. The van der Waals surface area contributed by atoms with E-state index in [0.717, 1.165) is 5.56 Å². The Kier molecular flexibility index (Phi) is 3.99. The van der Waals surface area contributed by atoms with Gasteiger partial charge in [-0.25, -0.2) is 4.98 Å². The number of phenolic OH excluding ortho intramolecular Hbond substituents is 1. The first-order chi connectivity index (χ1) is 11.0. The van der Waals surface area contributed by atoms with Crippen molar-refractivity contribution in [3.63, 3.8) is 0 Å². The molecule has 0 saturated heterocycles. The van der Waals surface area contributed by atoms with Gasteiger partial charge in [0.15, 0.2) is 5.82 Å². The van der Waals surface area contributed by atoms with Crippen LogP contribution in [0.2, 0.25) is 5.02 Å². The van der Waals surface area contributed by atoms with E-state index in [9.17, 15) is 9.90 Å². The van der Waals surface area contributed by atoms with Crippen molar-refractivity contribution in [2.24, 2.45) is 7.05 Å². The first-order valence-corrected chi connectivity index (χ1v) is 7.16. The summed E-state index contributed by atoms with van der Waals surface area (Å²) in [5.41, 5.74) is 1.52. The van der Waals surface area contributed by atoms with Crippen molar-refractivity contribution in [3.05, 3.63) is 59.4 Å². The number of benzene rings is 2. The van der Waals surface area contributed by atoms with Gasteiger partial charge in [0, 0.05) is 23.2 Å². The normalized spacial score (nSPS) is 10.5. The van der Waals surface area contributed by atoms with Gasteiger partial charge < -0.3 is 10.4 Å². The van der Waals surface area contributed by atoms with Crippen molar-refractivity contribution >= 4 is 23.2 Å². The van der Waals surface area contributed by atoms with Crippen LogP contribution in [-0.4, -0.2) is 25.8 Å². The number of phenols is 1. The van der Waals surface area contributed by atoms with Crippen molar-refractivity contribution in [3.8, 4) is 17.1 Å². The van der Waals surface area contributed by atoms with Crippen molar-refractivity contribution in [1.82, 2.24) is 14.8 Å². The molecule has 0 aliphatic carbocycles. The maximum Gasteiger partial charge on any atom is 0.255 e. The minimum atomic E-state index is -0.344. The standard InChI is InChI=1S/C16H13ClN4O2/c1-21-9-18-15(20-21)10-2-4-11(5-3-10)16(23)19-13-8-12(17)6-7-14(13)22/h2-9,22H,1H3,(H,19,23). The quantitative estimate of drug-likeness (QED) is 0.724. The van der Waals surface area contributed by atoms with Crippen molar-refractivity contribution in [1.29, 1.82) is 0 Å². The van der Waals surface area contributed by atoms with E-state index in [4.69, 9.17) is 11.6 Å². The fourth-order valence-electron chi connectivity index (χ4n) is 2.05. The molecule has 3 aromatic rings. The summed E-state index contributed by atoms with van der Waals surface area (Å²) in [5.74, 6) is 0.201. The minimum absolute atomic E-state index is 0.0444. The Morgan fingerprint density at radius 2 is 1.96 bits per heavy atom. The molecule has 0 fully saturated rings. The number of nitrogens with one attached hydrogen (secondary N) is 1. The molecule has 7 heteroatoms. The second-order valence-electron chi connectivity index (χ2n) is 4.93. The minimum Gasteiger partial charge on any atom is -0.506 e. The number of anilines is 1. The number of carbonyl (C=O) groups excluding carboxylic acids is 1. The molecule has 0 saturated carbocycles. The van der Waals surface area contributed by atoms with Crippen molar-refractivity contribution in [2.45, 2.75) is 0 Å². The van der Waals surface area contributed by atoms with Gasteiger partial charge in [-0.15, -0.1) is 0 Å². The summed E-state index contributed by atoms with van der Waals surface area (Å²) >= 11 is 5.86. The molecule has 1 amide bonds. The Labute approximate surface area is 137 Å². The molecule has 1 heterocycles. The molecule has 0 unspecified atom stereocenters. The highest BCUT2D eigenvalue weighted by atomic mass is 35.5. The zero-order chi connectivity index (χ0) is 16.4. The number of rotatable bonds is 3. The molecule has 2 N–H and O–H groups in total. The summed E-state index contributed by atoms with van der Waals surface area (Å²) in [7, 11) is 1.79. The van der Waals surface area contributed by atoms with Gasteiger partial charge in [0.05, 0.1) is 5.69 Å². The highest BCUT2D eigenvalue weighted by molar-refractivity contribution is 6.31. The third-order valence-corrected chi connectivity index (χ3v) is 3.45. The number of nitrogens with zero attached hydrogens (tertiary/aromatic N) is 3. The summed E-state index contributed by atoms with van der Waals surface area (Å²) in [4.78, 5) is 16.4. The third kappa shape index (κ3) is 3.32. The van der Waals surface area contributed by atoms with Gasteiger partial charge in [-0.3, -0.25) is 9.48 Å². The van der Waals surface area contributed by atoms with Gasteiger partial charge >= 0.3 is 0 Å². The molecule has 23 heavy (non-hydrogen) atoms. The molecule has 0 aliphatic rings. The average molecular weight is 329 g/mol. The van der Waals surface area contributed by atoms with Gasteiger partial charge in [-0.05, 0) is 30.3 Å². The Morgan fingerprint density at radius 3 is 2.61 bits per heavy atom. The van der Waals surface area contributed by atoms with Gasteiger partial charge in [-0.1, -0.05) is 23.7 Å². The van der Waals surface area contributed by atoms with E-state index in [1.54, 1.807) is 48.4 Å². The van der Waals surface area contributed by atoms with Gasteiger partial charge in [0.25, 0.3) is 5.91 Å². The van der Waals surface area contributed by atoms with E-state index in [0.29, 0.717) is 16.4 Å².